The Morgan fingerprint density at radius 3 is 2.76 bits per heavy atom. The molecule has 1 amide bonds. The van der Waals surface area contributed by atoms with Crippen molar-refractivity contribution in [1.82, 2.24) is 4.90 Å². The average molecular weight is 397 g/mol. The lowest BCUT2D eigenvalue weighted by molar-refractivity contribution is -0.140. The van der Waals surface area contributed by atoms with Crippen LogP contribution < -0.4 is 4.74 Å². The molecule has 152 valence electrons. The fourth-order valence-electron chi connectivity index (χ4n) is 3.92. The number of benzene rings is 1. The monoisotopic (exact) mass is 397 g/mol. The van der Waals surface area contributed by atoms with E-state index in [0.29, 0.717) is 17.1 Å². The molecular weight excluding hydrogens is 374 g/mol. The highest BCUT2D eigenvalue weighted by atomic mass is 16.5. The number of aryl methyl sites for hydroxylation is 1. The number of carbonyl (C=O) groups is 2. The summed E-state index contributed by atoms with van der Waals surface area (Å²) in [6, 6.07) is 7.96. The number of fused-ring (bicyclic) bond motifs is 1. The summed E-state index contributed by atoms with van der Waals surface area (Å²) >= 11 is 0. The number of ether oxygens (including phenoxy) is 2. The second kappa shape index (κ2) is 7.40. The molecule has 0 aliphatic carbocycles. The van der Waals surface area contributed by atoms with Crippen LogP contribution in [0.25, 0.3) is 5.76 Å². The number of nitrogens with zero attached hydrogens (tertiary/aromatic N) is 1. The van der Waals surface area contributed by atoms with Gasteiger partial charge in [-0.2, -0.15) is 0 Å². The number of Topliss-reactive ketones (excluding diaryl/α,β-unsaturated/α-hetero) is 1. The number of amides is 1. The molecule has 0 unspecified atom stereocenters. The number of furan rings is 1. The molecule has 2 aliphatic heterocycles. The normalized spacial score (nSPS) is 22.8. The van der Waals surface area contributed by atoms with E-state index in [1.54, 1.807) is 37.3 Å². The van der Waals surface area contributed by atoms with Crippen LogP contribution in [0.3, 0.4) is 0 Å². The Balaban J connectivity index is 1.81. The molecule has 2 aromatic rings. The summed E-state index contributed by atoms with van der Waals surface area (Å²) in [5.74, 6) is 0.222. The summed E-state index contributed by atoms with van der Waals surface area (Å²) in [5.41, 5.74) is 1.45. The van der Waals surface area contributed by atoms with Crippen molar-refractivity contribution in [2.75, 3.05) is 20.3 Å². The molecule has 7 nitrogen and oxygen atoms in total. The number of likely N-dealkylation sites (tertiary alicyclic amines) is 1. The Bertz CT molecular complexity index is 1000. The number of hydrogen-bond acceptors (Lipinski definition) is 6. The van der Waals surface area contributed by atoms with Crippen LogP contribution in [0, 0.1) is 6.92 Å². The number of ketones is 1. The van der Waals surface area contributed by atoms with Gasteiger partial charge in [0.25, 0.3) is 11.7 Å². The minimum atomic E-state index is -0.803. The van der Waals surface area contributed by atoms with Crippen molar-refractivity contribution < 1.29 is 28.6 Å². The first-order valence-electron chi connectivity index (χ1n) is 9.54. The fraction of sp³-hybridized carbons (Fsp3) is 0.364. The Hall–Kier alpha value is -3.06. The third-order valence-electron chi connectivity index (χ3n) is 5.28. The molecule has 0 saturated carbocycles. The van der Waals surface area contributed by atoms with Gasteiger partial charge >= 0.3 is 0 Å². The maximum Gasteiger partial charge on any atom is 0.295 e. The first-order chi connectivity index (χ1) is 13.9. The third-order valence-corrected chi connectivity index (χ3v) is 5.28. The summed E-state index contributed by atoms with van der Waals surface area (Å²) in [6.45, 7) is 4.22. The fourth-order valence-corrected chi connectivity index (χ4v) is 3.92. The zero-order chi connectivity index (χ0) is 20.7. The molecule has 1 aromatic carbocycles. The molecule has 1 saturated heterocycles. The highest BCUT2D eigenvalue weighted by molar-refractivity contribution is 6.46. The first kappa shape index (κ1) is 19.3. The minimum Gasteiger partial charge on any atom is -0.507 e. The molecule has 2 aliphatic rings. The highest BCUT2D eigenvalue weighted by Crippen LogP contribution is 2.40. The summed E-state index contributed by atoms with van der Waals surface area (Å²) in [5, 5.41) is 11.1. The predicted molar refractivity (Wildman–Crippen MR) is 105 cm³/mol. The Morgan fingerprint density at radius 2 is 2.07 bits per heavy atom. The quantitative estimate of drug-likeness (QED) is 0.474. The van der Waals surface area contributed by atoms with Crippen molar-refractivity contribution in [3.8, 4) is 5.75 Å². The minimum absolute atomic E-state index is 0.0207. The largest absolute Gasteiger partial charge is 0.507 e. The molecule has 7 heteroatoms. The highest BCUT2D eigenvalue weighted by Gasteiger charge is 2.47. The van der Waals surface area contributed by atoms with Gasteiger partial charge in [0, 0.05) is 25.6 Å². The SMILES string of the molecule is COCCN1C(=O)C(=O)C(=C(O)c2ccc3c(c2)C[C@H](C)O3)[C@H]1c1ccc(C)o1. The van der Waals surface area contributed by atoms with Crippen molar-refractivity contribution in [1.29, 1.82) is 0 Å². The van der Waals surface area contributed by atoms with E-state index < -0.39 is 17.7 Å². The predicted octanol–water partition coefficient (Wildman–Crippen LogP) is 2.98. The number of hydrogen-bond donors (Lipinski definition) is 1. The molecular formula is C22H23NO6. The Morgan fingerprint density at radius 1 is 1.28 bits per heavy atom. The van der Waals surface area contributed by atoms with Crippen LogP contribution in [0.4, 0.5) is 0 Å². The van der Waals surface area contributed by atoms with E-state index >= 15 is 0 Å². The number of carbonyl (C=O) groups excluding carboxylic acids is 2. The van der Waals surface area contributed by atoms with Crippen LogP contribution in [0.5, 0.6) is 5.75 Å². The lowest BCUT2D eigenvalue weighted by Gasteiger charge is -2.22. The van der Waals surface area contributed by atoms with Crippen molar-refractivity contribution in [2.24, 2.45) is 0 Å². The van der Waals surface area contributed by atoms with Gasteiger partial charge in [-0.1, -0.05) is 0 Å². The summed E-state index contributed by atoms with van der Waals surface area (Å²) < 4.78 is 16.5. The Labute approximate surface area is 168 Å². The standard InChI is InChI=1S/C22H23NO6/c1-12-4-6-17(28-12)19-18(21(25)22(26)23(19)8-9-27-3)20(24)14-5-7-16-15(11-14)10-13(2)29-16/h4-7,11,13,19,24H,8-10H2,1-3H3/t13-,19+/m0/s1. The second-order valence-corrected chi connectivity index (χ2v) is 7.39. The van der Waals surface area contributed by atoms with Gasteiger partial charge in [0.2, 0.25) is 0 Å². The molecule has 3 heterocycles. The molecule has 1 N–H and O–H groups in total. The lowest BCUT2D eigenvalue weighted by Crippen LogP contribution is -2.32. The van der Waals surface area contributed by atoms with Crippen molar-refractivity contribution in [3.05, 3.63) is 58.6 Å². The van der Waals surface area contributed by atoms with E-state index in [-0.39, 0.29) is 30.6 Å². The van der Waals surface area contributed by atoms with Crippen molar-refractivity contribution in [3.63, 3.8) is 0 Å². The first-order valence-corrected chi connectivity index (χ1v) is 9.54. The van der Waals surface area contributed by atoms with Crippen LogP contribution in [0.1, 0.15) is 35.6 Å². The van der Waals surface area contributed by atoms with Gasteiger partial charge < -0.3 is 23.9 Å². The summed E-state index contributed by atoms with van der Waals surface area (Å²) in [4.78, 5) is 26.9. The van der Waals surface area contributed by atoms with E-state index in [4.69, 9.17) is 13.9 Å². The third kappa shape index (κ3) is 3.31. The maximum atomic E-state index is 12.9. The molecule has 29 heavy (non-hydrogen) atoms. The van der Waals surface area contributed by atoms with E-state index in [1.807, 2.05) is 6.92 Å². The van der Waals surface area contributed by atoms with Gasteiger partial charge in [-0.3, -0.25) is 9.59 Å². The molecule has 1 fully saturated rings. The summed E-state index contributed by atoms with van der Waals surface area (Å²) in [7, 11) is 1.52. The van der Waals surface area contributed by atoms with Gasteiger partial charge in [0.05, 0.1) is 12.2 Å². The second-order valence-electron chi connectivity index (χ2n) is 7.39. The van der Waals surface area contributed by atoms with Gasteiger partial charge in [0.15, 0.2) is 0 Å². The van der Waals surface area contributed by atoms with Gasteiger partial charge in [0.1, 0.15) is 35.2 Å². The molecule has 4 rings (SSSR count). The average Bonchev–Trinajstić information content (AvgIpc) is 3.35. The smallest absolute Gasteiger partial charge is 0.295 e. The van der Waals surface area contributed by atoms with Crippen LogP contribution in [-0.4, -0.2) is 48.1 Å². The molecule has 1 aromatic heterocycles. The lowest BCUT2D eigenvalue weighted by atomic mass is 9.97. The molecule has 0 bridgehead atoms. The van der Waals surface area contributed by atoms with Crippen LogP contribution in [-0.2, 0) is 20.7 Å². The van der Waals surface area contributed by atoms with E-state index in [0.717, 1.165) is 17.7 Å². The zero-order valence-electron chi connectivity index (χ0n) is 16.6. The molecule has 0 spiro atoms. The van der Waals surface area contributed by atoms with Crippen LogP contribution in [0.15, 0.2) is 40.3 Å². The molecule has 2 atom stereocenters. The van der Waals surface area contributed by atoms with Crippen molar-refractivity contribution >= 4 is 17.4 Å². The van der Waals surface area contributed by atoms with Gasteiger partial charge in [-0.05, 0) is 49.7 Å². The van der Waals surface area contributed by atoms with E-state index in [9.17, 15) is 14.7 Å². The number of rotatable bonds is 5. The molecule has 0 radical (unpaired) electrons. The van der Waals surface area contributed by atoms with Gasteiger partial charge in [-0.25, -0.2) is 0 Å². The van der Waals surface area contributed by atoms with Gasteiger partial charge in [-0.15, -0.1) is 0 Å². The Kier molecular flexibility index (Phi) is 4.92. The number of aliphatic hydroxyl groups excluding tert-OH is 1. The van der Waals surface area contributed by atoms with Crippen LogP contribution >= 0.6 is 0 Å². The van der Waals surface area contributed by atoms with E-state index in [2.05, 4.69) is 0 Å². The topological polar surface area (TPSA) is 89.2 Å². The summed E-state index contributed by atoms with van der Waals surface area (Å²) in [6.07, 6.45) is 0.785. The van der Waals surface area contributed by atoms with Crippen LogP contribution in [0.2, 0.25) is 0 Å². The van der Waals surface area contributed by atoms with E-state index in [1.165, 1.54) is 12.0 Å². The number of methoxy groups -OCH3 is 1. The zero-order valence-corrected chi connectivity index (χ0v) is 16.6. The number of aliphatic hydroxyl groups is 1. The van der Waals surface area contributed by atoms with Crippen molar-refractivity contribution in [2.45, 2.75) is 32.4 Å². The maximum absolute atomic E-state index is 12.9.